The molecule has 0 spiro atoms. The van der Waals surface area contributed by atoms with Gasteiger partial charge >= 0.3 is 0 Å². The second-order valence-electron chi connectivity index (χ2n) is 3.92. The minimum absolute atomic E-state index is 0. The predicted octanol–water partition coefficient (Wildman–Crippen LogP) is 4.93. The van der Waals surface area contributed by atoms with Gasteiger partial charge in [-0.05, 0) is 30.7 Å². The van der Waals surface area contributed by atoms with Crippen LogP contribution in [0.15, 0.2) is 42.5 Å². The van der Waals surface area contributed by atoms with Crippen LogP contribution in [0.5, 0.6) is 0 Å². The van der Waals surface area contributed by atoms with E-state index in [1.54, 1.807) is 0 Å². The molecular weight excluding hydrogens is 298 g/mol. The molecule has 3 aromatic rings. The van der Waals surface area contributed by atoms with E-state index in [2.05, 4.69) is 18.0 Å². The largest absolute Gasteiger partial charge is 0.248 e. The molecule has 0 bridgehead atoms. The van der Waals surface area contributed by atoms with E-state index < -0.39 is 0 Å². The normalized spacial score (nSPS) is 10.5. The van der Waals surface area contributed by atoms with Gasteiger partial charge in [0.25, 0.3) is 0 Å². The Labute approximate surface area is 115 Å². The van der Waals surface area contributed by atoms with Crippen LogP contribution in [0.4, 0.5) is 0 Å². The average Bonchev–Trinajstić information content (AvgIpc) is 2.29. The van der Waals surface area contributed by atoms with E-state index in [0.717, 1.165) is 16.1 Å². The fourth-order valence-corrected chi connectivity index (χ4v) is 2.24. The Bertz CT molecular complexity index is 694. The van der Waals surface area contributed by atoms with Crippen molar-refractivity contribution in [3.8, 4) is 0 Å². The van der Waals surface area contributed by atoms with Crippen molar-refractivity contribution in [1.82, 2.24) is 4.98 Å². The molecular formula is C14H11BrClN. The van der Waals surface area contributed by atoms with Gasteiger partial charge in [-0.3, -0.25) is 0 Å². The maximum Gasteiger partial charge on any atom is 0.0727 e. The first kappa shape index (κ1) is 12.3. The number of hydrogen-bond donors (Lipinski definition) is 0. The number of para-hydroxylation sites is 1. The third kappa shape index (κ3) is 2.03. The first-order valence-electron chi connectivity index (χ1n) is 5.20. The van der Waals surface area contributed by atoms with Crippen molar-refractivity contribution in [3.05, 3.63) is 53.1 Å². The Balaban J connectivity index is 0.00000108. The molecule has 0 aliphatic heterocycles. The monoisotopic (exact) mass is 307 g/mol. The molecule has 0 saturated heterocycles. The number of benzene rings is 2. The van der Waals surface area contributed by atoms with E-state index in [1.165, 1.54) is 16.3 Å². The summed E-state index contributed by atoms with van der Waals surface area (Å²) in [6.45, 7) is 2.13. The molecule has 0 aliphatic carbocycles. The molecule has 0 saturated carbocycles. The quantitative estimate of drug-likeness (QED) is 0.537. The first-order valence-corrected chi connectivity index (χ1v) is 5.58. The molecule has 0 atom stereocenters. The lowest BCUT2D eigenvalue weighted by atomic mass is 10.0. The van der Waals surface area contributed by atoms with Gasteiger partial charge in [0.1, 0.15) is 0 Å². The summed E-state index contributed by atoms with van der Waals surface area (Å²) in [5.74, 6) is 0. The van der Waals surface area contributed by atoms with Crippen molar-refractivity contribution in [2.45, 2.75) is 6.92 Å². The van der Waals surface area contributed by atoms with E-state index in [1.807, 2.05) is 36.4 Å². The van der Waals surface area contributed by atoms with Crippen LogP contribution in [0, 0.1) is 6.92 Å². The molecule has 0 aliphatic rings. The molecule has 3 heteroatoms. The zero-order valence-corrected chi connectivity index (χ0v) is 11.7. The van der Waals surface area contributed by atoms with Crippen LogP contribution in [-0.2, 0) is 0 Å². The zero-order chi connectivity index (χ0) is 11.1. The van der Waals surface area contributed by atoms with E-state index in [0.29, 0.717) is 0 Å². The van der Waals surface area contributed by atoms with Gasteiger partial charge in [0, 0.05) is 15.8 Å². The predicted molar refractivity (Wildman–Crippen MR) is 79.3 cm³/mol. The van der Waals surface area contributed by atoms with Crippen molar-refractivity contribution < 1.29 is 0 Å². The van der Waals surface area contributed by atoms with E-state index in [9.17, 15) is 0 Å². The van der Waals surface area contributed by atoms with Crippen molar-refractivity contribution in [1.29, 1.82) is 0 Å². The molecule has 1 aromatic heterocycles. The van der Waals surface area contributed by atoms with Crippen molar-refractivity contribution >= 4 is 50.4 Å². The highest BCUT2D eigenvalue weighted by molar-refractivity contribution is 8.93. The van der Waals surface area contributed by atoms with Crippen LogP contribution < -0.4 is 0 Å². The van der Waals surface area contributed by atoms with Crippen LogP contribution in [0.3, 0.4) is 0 Å². The summed E-state index contributed by atoms with van der Waals surface area (Å²) in [6, 6.07) is 14.0. The van der Waals surface area contributed by atoms with Crippen LogP contribution >= 0.6 is 28.6 Å². The number of aromatic nitrogens is 1. The van der Waals surface area contributed by atoms with Gasteiger partial charge in [-0.15, -0.1) is 17.0 Å². The van der Waals surface area contributed by atoms with Gasteiger partial charge in [0.2, 0.25) is 0 Å². The maximum atomic E-state index is 5.98. The fourth-order valence-electron chi connectivity index (χ4n) is 2.08. The third-order valence-electron chi connectivity index (χ3n) is 2.91. The van der Waals surface area contributed by atoms with Gasteiger partial charge in [-0.25, -0.2) is 4.98 Å². The highest BCUT2D eigenvalue weighted by Crippen LogP contribution is 2.26. The lowest BCUT2D eigenvalue weighted by Gasteiger charge is -2.06. The third-order valence-corrected chi connectivity index (χ3v) is 3.15. The summed E-state index contributed by atoms with van der Waals surface area (Å²) >= 11 is 5.98. The van der Waals surface area contributed by atoms with E-state index in [-0.39, 0.29) is 17.0 Å². The minimum Gasteiger partial charge on any atom is -0.248 e. The number of pyridine rings is 1. The summed E-state index contributed by atoms with van der Waals surface area (Å²) in [5.41, 5.74) is 3.25. The Kier molecular flexibility index (Phi) is 3.36. The Morgan fingerprint density at radius 2 is 1.65 bits per heavy atom. The van der Waals surface area contributed by atoms with Crippen molar-refractivity contribution in [3.63, 3.8) is 0 Å². The van der Waals surface area contributed by atoms with Crippen LogP contribution in [0.2, 0.25) is 5.02 Å². The highest BCUT2D eigenvalue weighted by atomic mass is 79.9. The number of rotatable bonds is 0. The zero-order valence-electron chi connectivity index (χ0n) is 9.27. The number of halogens is 2. The lowest BCUT2D eigenvalue weighted by molar-refractivity contribution is 1.45. The van der Waals surface area contributed by atoms with Gasteiger partial charge in [0.15, 0.2) is 0 Å². The topological polar surface area (TPSA) is 12.9 Å². The van der Waals surface area contributed by atoms with Crippen LogP contribution in [0.25, 0.3) is 21.8 Å². The van der Waals surface area contributed by atoms with Crippen molar-refractivity contribution in [2.75, 3.05) is 0 Å². The SMILES string of the molecule is Br.Cc1c2ccccc2nc2cc(Cl)ccc12. The fraction of sp³-hybridized carbons (Fsp3) is 0.0714. The first-order chi connectivity index (χ1) is 7.75. The highest BCUT2D eigenvalue weighted by Gasteiger charge is 2.04. The maximum absolute atomic E-state index is 5.98. The smallest absolute Gasteiger partial charge is 0.0727 e. The Morgan fingerprint density at radius 3 is 2.47 bits per heavy atom. The Morgan fingerprint density at radius 1 is 0.941 bits per heavy atom. The van der Waals surface area contributed by atoms with Crippen molar-refractivity contribution in [2.24, 2.45) is 0 Å². The van der Waals surface area contributed by atoms with Gasteiger partial charge < -0.3 is 0 Å². The summed E-state index contributed by atoms with van der Waals surface area (Å²) in [4.78, 5) is 4.61. The second-order valence-corrected chi connectivity index (χ2v) is 4.35. The molecule has 0 N–H and O–H groups in total. The number of nitrogens with zero attached hydrogens (tertiary/aromatic N) is 1. The summed E-state index contributed by atoms with van der Waals surface area (Å²) < 4.78 is 0. The van der Waals surface area contributed by atoms with Crippen LogP contribution in [-0.4, -0.2) is 4.98 Å². The standard InChI is InChI=1S/C14H10ClN.BrH/c1-9-11-4-2-3-5-13(11)16-14-8-10(15)6-7-12(9)14;/h2-8H,1H3;1H. The Hall–Kier alpha value is -1.12. The molecule has 86 valence electrons. The molecule has 17 heavy (non-hydrogen) atoms. The summed E-state index contributed by atoms with van der Waals surface area (Å²) in [7, 11) is 0. The molecule has 1 heterocycles. The number of hydrogen-bond acceptors (Lipinski definition) is 1. The van der Waals surface area contributed by atoms with Crippen LogP contribution in [0.1, 0.15) is 5.56 Å². The molecule has 0 unspecified atom stereocenters. The minimum atomic E-state index is 0. The summed E-state index contributed by atoms with van der Waals surface area (Å²) in [5, 5.41) is 3.11. The molecule has 0 fully saturated rings. The molecule has 0 amide bonds. The number of fused-ring (bicyclic) bond motifs is 2. The van der Waals surface area contributed by atoms with E-state index in [4.69, 9.17) is 11.6 Å². The number of aryl methyl sites for hydroxylation is 1. The van der Waals surface area contributed by atoms with Gasteiger partial charge in [-0.2, -0.15) is 0 Å². The summed E-state index contributed by atoms with van der Waals surface area (Å²) in [6.07, 6.45) is 0. The molecule has 3 rings (SSSR count). The molecule has 1 nitrogen and oxygen atoms in total. The van der Waals surface area contributed by atoms with Gasteiger partial charge in [0.05, 0.1) is 11.0 Å². The second kappa shape index (κ2) is 4.63. The molecule has 0 radical (unpaired) electrons. The lowest BCUT2D eigenvalue weighted by Crippen LogP contribution is -1.87. The van der Waals surface area contributed by atoms with Gasteiger partial charge in [-0.1, -0.05) is 35.9 Å². The molecule has 2 aromatic carbocycles. The average molecular weight is 309 g/mol. The van der Waals surface area contributed by atoms with E-state index >= 15 is 0 Å².